The van der Waals surface area contributed by atoms with Crippen LogP contribution >= 0.6 is 0 Å². The van der Waals surface area contributed by atoms with Gasteiger partial charge in [-0.1, -0.05) is 80.1 Å². The lowest BCUT2D eigenvalue weighted by atomic mass is 10.1. The quantitative estimate of drug-likeness (QED) is 0.390. The first-order valence-electron chi connectivity index (χ1n) is 11.1. The third-order valence-corrected chi connectivity index (χ3v) is 5.15. The molecular formula is C27H32N2O3. The van der Waals surface area contributed by atoms with Crippen molar-refractivity contribution in [3.05, 3.63) is 95.6 Å². The molecule has 3 aromatic carbocycles. The molecule has 3 rings (SSSR count). The van der Waals surface area contributed by atoms with E-state index in [0.29, 0.717) is 37.7 Å². The summed E-state index contributed by atoms with van der Waals surface area (Å²) in [6, 6.07) is 25.8. The summed E-state index contributed by atoms with van der Waals surface area (Å²) in [5, 5.41) is 3.03. The molecule has 0 saturated heterocycles. The van der Waals surface area contributed by atoms with Crippen LogP contribution in [0.15, 0.2) is 78.9 Å². The smallest absolute Gasteiger partial charge is 0.318 e. The first-order valence-corrected chi connectivity index (χ1v) is 11.1. The summed E-state index contributed by atoms with van der Waals surface area (Å²) in [6.07, 6.45) is 2.01. The Kier molecular flexibility index (Phi) is 8.99. The molecule has 0 radical (unpaired) electrons. The van der Waals surface area contributed by atoms with Gasteiger partial charge in [0.15, 0.2) is 11.5 Å². The fraction of sp³-hybridized carbons (Fsp3) is 0.296. The van der Waals surface area contributed by atoms with Gasteiger partial charge in [-0.15, -0.1) is 0 Å². The Morgan fingerprint density at radius 3 is 2.16 bits per heavy atom. The van der Waals surface area contributed by atoms with Gasteiger partial charge in [-0.2, -0.15) is 0 Å². The normalized spacial score (nSPS) is 10.4. The van der Waals surface area contributed by atoms with Crippen LogP contribution in [-0.4, -0.2) is 24.6 Å². The molecule has 5 nitrogen and oxygen atoms in total. The van der Waals surface area contributed by atoms with Gasteiger partial charge in [-0.05, 0) is 35.2 Å². The van der Waals surface area contributed by atoms with Gasteiger partial charge in [0, 0.05) is 19.6 Å². The van der Waals surface area contributed by atoms with Crippen molar-refractivity contribution in [2.24, 2.45) is 0 Å². The molecule has 3 aromatic rings. The van der Waals surface area contributed by atoms with Gasteiger partial charge in [0.25, 0.3) is 0 Å². The zero-order chi connectivity index (χ0) is 22.6. The van der Waals surface area contributed by atoms with Crippen molar-refractivity contribution in [2.45, 2.75) is 39.5 Å². The van der Waals surface area contributed by atoms with Crippen molar-refractivity contribution in [1.82, 2.24) is 10.2 Å². The molecule has 1 N–H and O–H groups in total. The van der Waals surface area contributed by atoms with Gasteiger partial charge in [-0.3, -0.25) is 0 Å². The van der Waals surface area contributed by atoms with Gasteiger partial charge in [0.05, 0.1) is 7.11 Å². The largest absolute Gasteiger partial charge is 0.493 e. The summed E-state index contributed by atoms with van der Waals surface area (Å²) >= 11 is 0. The number of rotatable bonds is 11. The zero-order valence-electron chi connectivity index (χ0n) is 18.9. The summed E-state index contributed by atoms with van der Waals surface area (Å²) < 4.78 is 11.5. The van der Waals surface area contributed by atoms with Gasteiger partial charge in [-0.25, -0.2) is 4.79 Å². The fourth-order valence-electron chi connectivity index (χ4n) is 3.37. The van der Waals surface area contributed by atoms with Crippen molar-refractivity contribution in [3.63, 3.8) is 0 Å². The number of urea groups is 1. The maximum absolute atomic E-state index is 12.9. The average molecular weight is 433 g/mol. The van der Waals surface area contributed by atoms with Crippen LogP contribution in [0.3, 0.4) is 0 Å². The van der Waals surface area contributed by atoms with E-state index in [1.807, 2.05) is 83.8 Å². The molecule has 168 valence electrons. The summed E-state index contributed by atoms with van der Waals surface area (Å²) in [5.74, 6) is 1.34. The standard InChI is InChI=1S/C27H32N2O3/c1-3-4-17-28-27(30)29(19-22-11-7-5-8-12-22)20-24-15-16-25(26(18-24)31-2)32-21-23-13-9-6-10-14-23/h5-16,18H,3-4,17,19-21H2,1-2H3,(H,28,30). The van der Waals surface area contributed by atoms with Gasteiger partial charge in [0.2, 0.25) is 0 Å². The van der Waals surface area contributed by atoms with Gasteiger partial charge < -0.3 is 19.7 Å². The number of hydrogen-bond acceptors (Lipinski definition) is 3. The fourth-order valence-corrected chi connectivity index (χ4v) is 3.37. The minimum atomic E-state index is -0.0642. The SMILES string of the molecule is CCCCNC(=O)N(Cc1ccccc1)Cc1ccc(OCc2ccccc2)c(OC)c1. The summed E-state index contributed by atoms with van der Waals surface area (Å²) in [4.78, 5) is 14.7. The molecule has 32 heavy (non-hydrogen) atoms. The molecule has 0 atom stereocenters. The lowest BCUT2D eigenvalue weighted by Gasteiger charge is -2.24. The second-order valence-corrected chi connectivity index (χ2v) is 7.69. The van der Waals surface area contributed by atoms with Crippen molar-refractivity contribution in [1.29, 1.82) is 0 Å². The highest BCUT2D eigenvalue weighted by molar-refractivity contribution is 5.74. The highest BCUT2D eigenvalue weighted by Crippen LogP contribution is 2.29. The van der Waals surface area contributed by atoms with Crippen LogP contribution in [0.4, 0.5) is 4.79 Å². The monoisotopic (exact) mass is 432 g/mol. The van der Waals surface area contributed by atoms with Crippen LogP contribution in [0.5, 0.6) is 11.5 Å². The number of hydrogen-bond donors (Lipinski definition) is 1. The minimum Gasteiger partial charge on any atom is -0.493 e. The highest BCUT2D eigenvalue weighted by atomic mass is 16.5. The van der Waals surface area contributed by atoms with Crippen molar-refractivity contribution >= 4 is 6.03 Å². The van der Waals surface area contributed by atoms with Crippen molar-refractivity contribution in [3.8, 4) is 11.5 Å². The molecule has 0 bridgehead atoms. The van der Waals surface area contributed by atoms with Gasteiger partial charge in [0.1, 0.15) is 6.61 Å². The second-order valence-electron chi connectivity index (χ2n) is 7.69. The molecular weight excluding hydrogens is 400 g/mol. The highest BCUT2D eigenvalue weighted by Gasteiger charge is 2.16. The summed E-state index contributed by atoms with van der Waals surface area (Å²) in [5.41, 5.74) is 3.17. The van der Waals surface area contributed by atoms with Crippen molar-refractivity contribution in [2.75, 3.05) is 13.7 Å². The average Bonchev–Trinajstić information content (AvgIpc) is 2.84. The van der Waals surface area contributed by atoms with E-state index >= 15 is 0 Å². The van der Waals surface area contributed by atoms with E-state index in [1.165, 1.54) is 0 Å². The lowest BCUT2D eigenvalue weighted by Crippen LogP contribution is -2.39. The molecule has 0 fully saturated rings. The molecule has 0 unspecified atom stereocenters. The third kappa shape index (κ3) is 7.05. The van der Waals surface area contributed by atoms with E-state index in [4.69, 9.17) is 9.47 Å². The molecule has 0 aromatic heterocycles. The number of ether oxygens (including phenoxy) is 2. The number of benzene rings is 3. The minimum absolute atomic E-state index is 0.0642. The summed E-state index contributed by atoms with van der Waals surface area (Å²) in [7, 11) is 1.63. The first kappa shape index (κ1) is 23.2. The predicted molar refractivity (Wildman–Crippen MR) is 128 cm³/mol. The Morgan fingerprint density at radius 1 is 0.844 bits per heavy atom. The molecule has 0 spiro atoms. The van der Waals surface area contributed by atoms with Crippen LogP contribution in [0.2, 0.25) is 0 Å². The Hall–Kier alpha value is -3.47. The van der Waals surface area contributed by atoms with Gasteiger partial charge >= 0.3 is 6.03 Å². The number of methoxy groups -OCH3 is 1. The van der Waals surface area contributed by atoms with E-state index in [1.54, 1.807) is 7.11 Å². The van der Waals surface area contributed by atoms with Crippen LogP contribution in [0.25, 0.3) is 0 Å². The lowest BCUT2D eigenvalue weighted by molar-refractivity contribution is 0.192. The topological polar surface area (TPSA) is 50.8 Å². The molecule has 0 aliphatic rings. The van der Waals surface area contributed by atoms with Crippen molar-refractivity contribution < 1.29 is 14.3 Å². The third-order valence-electron chi connectivity index (χ3n) is 5.15. The first-order chi connectivity index (χ1) is 15.7. The maximum atomic E-state index is 12.9. The Balaban J connectivity index is 1.71. The molecule has 0 saturated carbocycles. The maximum Gasteiger partial charge on any atom is 0.318 e. The van der Waals surface area contributed by atoms with E-state index in [2.05, 4.69) is 12.2 Å². The zero-order valence-corrected chi connectivity index (χ0v) is 18.9. The number of amides is 2. The van der Waals surface area contributed by atoms with E-state index in [0.717, 1.165) is 29.5 Å². The second kappa shape index (κ2) is 12.4. The summed E-state index contributed by atoms with van der Waals surface area (Å²) in [6.45, 7) is 4.27. The number of nitrogens with one attached hydrogen (secondary N) is 1. The van der Waals surface area contributed by atoms with E-state index in [-0.39, 0.29) is 6.03 Å². The number of carbonyl (C=O) groups is 1. The van der Waals surface area contributed by atoms with Crippen LogP contribution in [0.1, 0.15) is 36.5 Å². The van der Waals surface area contributed by atoms with E-state index < -0.39 is 0 Å². The number of unbranched alkanes of at least 4 members (excludes halogenated alkanes) is 1. The van der Waals surface area contributed by atoms with E-state index in [9.17, 15) is 4.79 Å². The molecule has 0 aliphatic carbocycles. The molecule has 0 heterocycles. The molecule has 5 heteroatoms. The number of carbonyl (C=O) groups excluding carboxylic acids is 1. The van der Waals surface area contributed by atoms with Crippen LogP contribution in [0, 0.1) is 0 Å². The predicted octanol–water partition coefficient (Wildman–Crippen LogP) is 5.79. The molecule has 2 amide bonds. The van der Waals surface area contributed by atoms with Crippen LogP contribution < -0.4 is 14.8 Å². The molecule has 0 aliphatic heterocycles. The van der Waals surface area contributed by atoms with Crippen LogP contribution in [-0.2, 0) is 19.7 Å². The Labute approximate surface area is 191 Å². The number of nitrogens with zero attached hydrogens (tertiary/aromatic N) is 1. The Morgan fingerprint density at radius 2 is 1.50 bits per heavy atom. The Bertz CT molecular complexity index is 961.